The van der Waals surface area contributed by atoms with Gasteiger partial charge in [-0.3, -0.25) is 28.3 Å². The van der Waals surface area contributed by atoms with E-state index in [0.717, 1.165) is 18.4 Å². The first kappa shape index (κ1) is 31.3. The first-order valence-corrected chi connectivity index (χ1v) is 15.7. The highest BCUT2D eigenvalue weighted by Crippen LogP contribution is 2.50. The number of nitro groups is 1. The Kier molecular flexibility index (Phi) is 10.8. The predicted molar refractivity (Wildman–Crippen MR) is 167 cm³/mol. The summed E-state index contributed by atoms with van der Waals surface area (Å²) in [6, 6.07) is 20.3. The second-order valence-corrected chi connectivity index (χ2v) is 12.5. The number of carbonyl (C=O) groups excluding carboxylic acids is 1. The molecule has 226 valence electrons. The van der Waals surface area contributed by atoms with Crippen LogP contribution in [-0.2, 0) is 13.0 Å². The molecule has 12 heteroatoms. The van der Waals surface area contributed by atoms with Gasteiger partial charge in [-0.2, -0.15) is 0 Å². The molecule has 2 atom stereocenters. The molecule has 1 amide bonds. The Balaban J connectivity index is 1.52. The van der Waals surface area contributed by atoms with E-state index in [-0.39, 0.29) is 18.0 Å². The number of rotatable bonds is 13. The van der Waals surface area contributed by atoms with Crippen molar-refractivity contribution in [2.75, 3.05) is 35.0 Å². The molecular weight excluding hydrogens is 558 g/mol. The third-order valence-electron chi connectivity index (χ3n) is 7.11. The molecule has 1 fully saturated rings. The molecule has 1 aliphatic rings. The van der Waals surface area contributed by atoms with Crippen LogP contribution in [-0.4, -0.2) is 62.6 Å². The number of carbonyl (C=O) groups is 1. The van der Waals surface area contributed by atoms with E-state index in [0.29, 0.717) is 48.6 Å². The smallest absolute Gasteiger partial charge is 0.269 e. The van der Waals surface area contributed by atoms with Crippen molar-refractivity contribution in [2.24, 2.45) is 0 Å². The molecule has 0 aliphatic carbocycles. The van der Waals surface area contributed by atoms with Gasteiger partial charge in [-0.05, 0) is 55.5 Å². The Morgan fingerprint density at radius 1 is 1.05 bits per heavy atom. The minimum absolute atomic E-state index is 0.00554. The highest BCUT2D eigenvalue weighted by atomic mass is 32.3. The average Bonchev–Trinajstić information content (AvgIpc) is 2.97. The molecule has 0 saturated carbocycles. The highest BCUT2D eigenvalue weighted by Gasteiger charge is 2.28. The summed E-state index contributed by atoms with van der Waals surface area (Å²) in [7, 11) is -2.98. The van der Waals surface area contributed by atoms with Crippen molar-refractivity contribution in [3.63, 3.8) is 0 Å². The number of nitro benzene ring substituents is 1. The lowest BCUT2D eigenvalue weighted by Crippen LogP contribution is -2.48. The summed E-state index contributed by atoms with van der Waals surface area (Å²) in [6.45, 7) is 3.48. The minimum Gasteiger partial charge on any atom is -0.390 e. The van der Waals surface area contributed by atoms with Crippen LogP contribution in [0, 0.1) is 10.1 Å². The summed E-state index contributed by atoms with van der Waals surface area (Å²) in [5.74, 6) is -0.114. The molecule has 0 bridgehead atoms. The Hall–Kier alpha value is -3.68. The third-order valence-corrected chi connectivity index (χ3v) is 9.05. The zero-order valence-corrected chi connectivity index (χ0v) is 24.4. The number of anilines is 2. The fourth-order valence-corrected chi connectivity index (χ4v) is 6.66. The molecular formula is C30H39N5O6S. The van der Waals surface area contributed by atoms with E-state index in [9.17, 15) is 29.1 Å². The van der Waals surface area contributed by atoms with E-state index in [2.05, 4.69) is 16.0 Å². The van der Waals surface area contributed by atoms with E-state index in [1.807, 2.05) is 43.3 Å². The Morgan fingerprint density at radius 3 is 2.52 bits per heavy atom. The molecule has 3 aromatic rings. The van der Waals surface area contributed by atoms with Gasteiger partial charge in [0.1, 0.15) is 0 Å². The molecule has 0 spiro atoms. The maximum atomic E-state index is 13.6. The quantitative estimate of drug-likeness (QED) is 0.120. The molecule has 1 saturated heterocycles. The van der Waals surface area contributed by atoms with Crippen molar-refractivity contribution >= 4 is 33.7 Å². The largest absolute Gasteiger partial charge is 0.390 e. The molecule has 0 aromatic heterocycles. The van der Waals surface area contributed by atoms with Gasteiger partial charge < -0.3 is 21.1 Å². The van der Waals surface area contributed by atoms with Crippen LogP contribution < -0.4 is 20.3 Å². The first-order chi connectivity index (χ1) is 20.2. The Morgan fingerprint density at radius 2 is 1.81 bits per heavy atom. The van der Waals surface area contributed by atoms with Gasteiger partial charge in [0.25, 0.3) is 11.6 Å². The maximum Gasteiger partial charge on any atom is 0.269 e. The fourth-order valence-electron chi connectivity index (χ4n) is 4.99. The predicted octanol–water partition coefficient (Wildman–Crippen LogP) is 4.78. The van der Waals surface area contributed by atoms with Crippen LogP contribution in [0.1, 0.15) is 41.3 Å². The summed E-state index contributed by atoms with van der Waals surface area (Å²) < 4.78 is 23.0. The van der Waals surface area contributed by atoms with Crippen LogP contribution in [0.2, 0.25) is 0 Å². The standard InChI is InChI=1S/C30H39N5O6S/c1-2-32-25-17-24(18-27(19-25)34-13-6-7-14-42(34,40)41)30(37)33-28(16-22-9-4-3-5-10-22)29(36)21-31-20-23-11-8-12-26(15-23)35(38)39/h3-5,8-12,15,17-19,28-29,31-32,36,40-41H,2,6-7,13-14,16,20-21H2,1H3,(H,33,37)/t28-,29-/m0/s1. The lowest BCUT2D eigenvalue weighted by molar-refractivity contribution is -0.384. The minimum atomic E-state index is -2.98. The number of hydrogen-bond donors (Lipinski definition) is 6. The molecule has 0 radical (unpaired) electrons. The monoisotopic (exact) mass is 597 g/mol. The molecule has 1 aliphatic heterocycles. The lowest BCUT2D eigenvalue weighted by Gasteiger charge is -2.47. The molecule has 3 aromatic carbocycles. The molecule has 11 nitrogen and oxygen atoms in total. The molecule has 42 heavy (non-hydrogen) atoms. The van der Waals surface area contributed by atoms with Crippen LogP contribution in [0.5, 0.6) is 0 Å². The lowest BCUT2D eigenvalue weighted by atomic mass is 10.00. The zero-order chi connectivity index (χ0) is 30.1. The summed E-state index contributed by atoms with van der Waals surface area (Å²) in [5, 5.41) is 31.6. The van der Waals surface area contributed by atoms with E-state index in [1.54, 1.807) is 28.6 Å². The Labute approximate surface area is 247 Å². The van der Waals surface area contributed by atoms with Gasteiger partial charge in [0.15, 0.2) is 0 Å². The number of amides is 1. The maximum absolute atomic E-state index is 13.6. The summed E-state index contributed by atoms with van der Waals surface area (Å²) in [4.78, 5) is 24.3. The molecule has 4 rings (SSSR count). The number of non-ortho nitro benzene ring substituents is 1. The van der Waals surface area contributed by atoms with Crippen molar-refractivity contribution < 1.29 is 23.9 Å². The Bertz CT molecular complexity index is 1360. The first-order valence-electron chi connectivity index (χ1n) is 14.1. The number of aliphatic hydroxyl groups is 1. The van der Waals surface area contributed by atoms with Crippen LogP contribution in [0.25, 0.3) is 0 Å². The number of nitrogens with zero attached hydrogens (tertiary/aromatic N) is 2. The van der Waals surface area contributed by atoms with Crippen molar-refractivity contribution in [3.8, 4) is 0 Å². The van der Waals surface area contributed by atoms with E-state index >= 15 is 0 Å². The van der Waals surface area contributed by atoms with Crippen molar-refractivity contribution in [1.82, 2.24) is 10.6 Å². The van der Waals surface area contributed by atoms with Gasteiger partial charge in [-0.25, -0.2) is 0 Å². The van der Waals surface area contributed by atoms with Crippen LogP contribution >= 0.6 is 10.8 Å². The number of benzene rings is 3. The third kappa shape index (κ3) is 8.43. The summed E-state index contributed by atoms with van der Waals surface area (Å²) in [5.41, 5.74) is 3.20. The van der Waals surface area contributed by atoms with E-state index in [4.69, 9.17) is 0 Å². The van der Waals surface area contributed by atoms with E-state index in [1.165, 1.54) is 12.1 Å². The van der Waals surface area contributed by atoms with Crippen LogP contribution in [0.15, 0.2) is 72.8 Å². The molecule has 1 heterocycles. The second-order valence-electron chi connectivity index (χ2n) is 10.3. The topological polar surface area (TPSA) is 160 Å². The normalized spacial score (nSPS) is 16.7. The van der Waals surface area contributed by atoms with Crippen LogP contribution in [0.3, 0.4) is 0 Å². The van der Waals surface area contributed by atoms with Crippen molar-refractivity contribution in [3.05, 3.63) is 99.6 Å². The van der Waals surface area contributed by atoms with Gasteiger partial charge in [0, 0.05) is 49.6 Å². The van der Waals surface area contributed by atoms with Gasteiger partial charge in [-0.1, -0.05) is 42.5 Å². The SMILES string of the molecule is CCNc1cc(C(=O)N[C@@H](Cc2ccccc2)[C@@H](O)CNCc2cccc([N+](=O)[O-])c2)cc(N2CCCCS2(O)O)c1. The number of nitrogens with one attached hydrogen (secondary N) is 3. The second kappa shape index (κ2) is 14.5. The van der Waals surface area contributed by atoms with Gasteiger partial charge in [-0.15, -0.1) is 10.8 Å². The summed E-state index contributed by atoms with van der Waals surface area (Å²) in [6.07, 6.45) is 0.946. The van der Waals surface area contributed by atoms with Crippen LogP contribution in [0.4, 0.5) is 17.1 Å². The van der Waals surface area contributed by atoms with Crippen molar-refractivity contribution in [2.45, 2.75) is 44.9 Å². The van der Waals surface area contributed by atoms with Crippen molar-refractivity contribution in [1.29, 1.82) is 0 Å². The highest BCUT2D eigenvalue weighted by molar-refractivity contribution is 8.25. The number of aliphatic hydroxyl groups excluding tert-OH is 1. The zero-order valence-electron chi connectivity index (χ0n) is 23.6. The van der Waals surface area contributed by atoms with Gasteiger partial charge in [0.2, 0.25) is 0 Å². The average molecular weight is 598 g/mol. The molecule has 6 N–H and O–H groups in total. The fraction of sp³-hybridized carbons (Fsp3) is 0.367. The molecule has 0 unspecified atom stereocenters. The summed E-state index contributed by atoms with van der Waals surface area (Å²) >= 11 is 0. The number of hydrogen-bond acceptors (Lipinski definition) is 9. The van der Waals surface area contributed by atoms with E-state index < -0.39 is 33.8 Å². The van der Waals surface area contributed by atoms with Gasteiger partial charge in [0.05, 0.1) is 28.5 Å². The van der Waals surface area contributed by atoms with Gasteiger partial charge >= 0.3 is 0 Å².